The lowest BCUT2D eigenvalue weighted by Crippen LogP contribution is -2.34. The van der Waals surface area contributed by atoms with Crippen molar-refractivity contribution < 1.29 is 14.3 Å². The molecule has 2 aliphatic carbocycles. The molecular weight excluding hydrogens is 216 g/mol. The molecule has 2 fully saturated rings. The zero-order chi connectivity index (χ0) is 12.3. The molecule has 0 aromatic rings. The molecule has 0 radical (unpaired) electrons. The van der Waals surface area contributed by atoms with Gasteiger partial charge in [-0.25, -0.2) is 4.79 Å². The van der Waals surface area contributed by atoms with Crippen LogP contribution in [-0.2, 0) is 14.3 Å². The Kier molecular flexibility index (Phi) is 4.19. The Morgan fingerprint density at radius 2 is 1.76 bits per heavy atom. The third-order valence-corrected chi connectivity index (χ3v) is 4.39. The van der Waals surface area contributed by atoms with E-state index in [-0.39, 0.29) is 11.7 Å². The molecular formula is C14H22O3. The number of carbonyl (C=O) groups excluding carboxylic acids is 2. The Morgan fingerprint density at radius 3 is 2.47 bits per heavy atom. The summed E-state index contributed by atoms with van der Waals surface area (Å²) in [6, 6.07) is 0. The molecule has 0 aliphatic heterocycles. The van der Waals surface area contributed by atoms with Gasteiger partial charge in [-0.15, -0.1) is 0 Å². The molecule has 0 amide bonds. The van der Waals surface area contributed by atoms with Crippen molar-refractivity contribution in [2.45, 2.75) is 51.9 Å². The summed E-state index contributed by atoms with van der Waals surface area (Å²) in [5.74, 6) is 0.534. The van der Waals surface area contributed by atoms with E-state index in [0.29, 0.717) is 12.5 Å². The molecule has 0 bridgehead atoms. The summed E-state index contributed by atoms with van der Waals surface area (Å²) in [6.45, 7) is 2.03. The molecule has 2 rings (SSSR count). The third-order valence-electron chi connectivity index (χ3n) is 4.39. The van der Waals surface area contributed by atoms with Crippen LogP contribution in [0.4, 0.5) is 0 Å². The van der Waals surface area contributed by atoms with Gasteiger partial charge < -0.3 is 4.74 Å². The van der Waals surface area contributed by atoms with E-state index in [9.17, 15) is 9.59 Å². The van der Waals surface area contributed by atoms with Crippen LogP contribution in [0.2, 0.25) is 0 Å². The number of rotatable bonds is 3. The Bertz CT molecular complexity index is 298. The molecule has 0 saturated heterocycles. The first-order valence-electron chi connectivity index (χ1n) is 6.93. The monoisotopic (exact) mass is 238 g/mol. The Hall–Kier alpha value is -0.860. The number of hydrogen-bond acceptors (Lipinski definition) is 3. The lowest BCUT2D eigenvalue weighted by molar-refractivity contribution is -0.156. The van der Waals surface area contributed by atoms with Crippen molar-refractivity contribution >= 4 is 11.8 Å². The molecule has 0 N–H and O–H groups in total. The van der Waals surface area contributed by atoms with Crippen LogP contribution in [-0.4, -0.2) is 18.4 Å². The molecule has 2 aliphatic rings. The minimum Gasteiger partial charge on any atom is -0.460 e. The van der Waals surface area contributed by atoms with Gasteiger partial charge in [0.1, 0.15) is 0 Å². The van der Waals surface area contributed by atoms with Crippen molar-refractivity contribution in [1.82, 2.24) is 0 Å². The highest BCUT2D eigenvalue weighted by atomic mass is 16.5. The van der Waals surface area contributed by atoms with Crippen molar-refractivity contribution in [1.29, 1.82) is 0 Å². The standard InChI is InChI=1S/C14H22O3/c1-2-17-14(16)13(15)12-8-7-10-5-3-4-6-11(10)9-12/h10-12H,2-9H2,1H3. The number of Topliss-reactive ketones (excluding diaryl/α,β-unsaturated/α-hetero) is 1. The van der Waals surface area contributed by atoms with Gasteiger partial charge in [0.25, 0.3) is 0 Å². The first kappa shape index (κ1) is 12.6. The van der Waals surface area contributed by atoms with Gasteiger partial charge in [0, 0.05) is 5.92 Å². The van der Waals surface area contributed by atoms with Crippen LogP contribution in [0, 0.1) is 17.8 Å². The van der Waals surface area contributed by atoms with Gasteiger partial charge >= 0.3 is 5.97 Å². The largest absolute Gasteiger partial charge is 0.460 e. The average Bonchev–Trinajstić information content (AvgIpc) is 2.37. The quantitative estimate of drug-likeness (QED) is 0.561. The highest BCUT2D eigenvalue weighted by molar-refractivity contribution is 6.34. The number of carbonyl (C=O) groups is 2. The van der Waals surface area contributed by atoms with Crippen molar-refractivity contribution in [3.05, 3.63) is 0 Å². The zero-order valence-corrected chi connectivity index (χ0v) is 10.6. The lowest BCUT2D eigenvalue weighted by atomic mass is 9.67. The van der Waals surface area contributed by atoms with Gasteiger partial charge in [0.15, 0.2) is 0 Å². The van der Waals surface area contributed by atoms with Gasteiger partial charge in [0.05, 0.1) is 6.61 Å². The number of hydrogen-bond donors (Lipinski definition) is 0. The minimum absolute atomic E-state index is 0.0617. The minimum atomic E-state index is -0.619. The second kappa shape index (κ2) is 5.65. The summed E-state index contributed by atoms with van der Waals surface area (Å²) in [7, 11) is 0. The third kappa shape index (κ3) is 2.88. The SMILES string of the molecule is CCOC(=O)C(=O)C1CCC2CCCCC2C1. The number of esters is 1. The normalized spacial score (nSPS) is 32.6. The van der Waals surface area contributed by atoms with E-state index in [1.807, 2.05) is 0 Å². The molecule has 3 atom stereocenters. The number of ether oxygens (including phenoxy) is 1. The van der Waals surface area contributed by atoms with E-state index in [1.54, 1.807) is 6.92 Å². The first-order chi connectivity index (χ1) is 8.22. The van der Waals surface area contributed by atoms with E-state index >= 15 is 0 Å². The second-order valence-corrected chi connectivity index (χ2v) is 5.40. The van der Waals surface area contributed by atoms with E-state index in [0.717, 1.165) is 25.2 Å². The molecule has 0 aromatic carbocycles. The molecule has 3 unspecified atom stereocenters. The maximum atomic E-state index is 11.9. The fourth-order valence-corrected chi connectivity index (χ4v) is 3.48. The van der Waals surface area contributed by atoms with Gasteiger partial charge in [-0.2, -0.15) is 0 Å². The fourth-order valence-electron chi connectivity index (χ4n) is 3.48. The van der Waals surface area contributed by atoms with E-state index in [4.69, 9.17) is 4.74 Å². The van der Waals surface area contributed by atoms with Crippen LogP contribution in [0.5, 0.6) is 0 Å². The molecule has 3 heteroatoms. The Morgan fingerprint density at radius 1 is 1.06 bits per heavy atom. The molecule has 2 saturated carbocycles. The summed E-state index contributed by atoms with van der Waals surface area (Å²) in [6.07, 6.45) is 8.14. The second-order valence-electron chi connectivity index (χ2n) is 5.40. The summed E-state index contributed by atoms with van der Waals surface area (Å²) >= 11 is 0. The Labute approximate surface area is 103 Å². The molecule has 17 heavy (non-hydrogen) atoms. The highest BCUT2D eigenvalue weighted by Gasteiger charge is 2.37. The fraction of sp³-hybridized carbons (Fsp3) is 0.857. The molecule has 0 aromatic heterocycles. The van der Waals surface area contributed by atoms with Crippen molar-refractivity contribution in [3.63, 3.8) is 0 Å². The first-order valence-corrected chi connectivity index (χ1v) is 6.93. The van der Waals surface area contributed by atoms with E-state index in [1.165, 1.54) is 25.7 Å². The van der Waals surface area contributed by atoms with E-state index < -0.39 is 5.97 Å². The maximum absolute atomic E-state index is 11.9. The average molecular weight is 238 g/mol. The summed E-state index contributed by atoms with van der Waals surface area (Å²) < 4.78 is 4.80. The van der Waals surface area contributed by atoms with Crippen LogP contribution in [0.1, 0.15) is 51.9 Å². The van der Waals surface area contributed by atoms with Crippen LogP contribution in [0.15, 0.2) is 0 Å². The van der Waals surface area contributed by atoms with Crippen molar-refractivity contribution in [2.75, 3.05) is 6.61 Å². The van der Waals surface area contributed by atoms with Crippen LogP contribution < -0.4 is 0 Å². The molecule has 0 heterocycles. The number of ketones is 1. The van der Waals surface area contributed by atoms with Gasteiger partial charge in [-0.1, -0.05) is 25.7 Å². The summed E-state index contributed by atoms with van der Waals surface area (Å²) in [5.41, 5.74) is 0. The molecule has 3 nitrogen and oxygen atoms in total. The van der Waals surface area contributed by atoms with Crippen LogP contribution >= 0.6 is 0 Å². The van der Waals surface area contributed by atoms with Gasteiger partial charge in [0.2, 0.25) is 5.78 Å². The summed E-state index contributed by atoms with van der Waals surface area (Å²) in [4.78, 5) is 23.3. The van der Waals surface area contributed by atoms with Crippen molar-refractivity contribution in [2.24, 2.45) is 17.8 Å². The highest BCUT2D eigenvalue weighted by Crippen LogP contribution is 2.42. The topological polar surface area (TPSA) is 43.4 Å². The zero-order valence-electron chi connectivity index (χ0n) is 10.6. The van der Waals surface area contributed by atoms with Crippen molar-refractivity contribution in [3.8, 4) is 0 Å². The van der Waals surface area contributed by atoms with Crippen LogP contribution in [0.3, 0.4) is 0 Å². The molecule has 96 valence electrons. The lowest BCUT2D eigenvalue weighted by Gasteiger charge is -2.38. The van der Waals surface area contributed by atoms with Crippen LogP contribution in [0.25, 0.3) is 0 Å². The predicted octanol–water partition coefficient (Wildman–Crippen LogP) is 2.73. The van der Waals surface area contributed by atoms with Gasteiger partial charge in [-0.05, 0) is 38.0 Å². The maximum Gasteiger partial charge on any atom is 0.374 e. The smallest absolute Gasteiger partial charge is 0.374 e. The van der Waals surface area contributed by atoms with Gasteiger partial charge in [-0.3, -0.25) is 4.79 Å². The molecule has 0 spiro atoms. The van der Waals surface area contributed by atoms with E-state index in [2.05, 4.69) is 0 Å². The summed E-state index contributed by atoms with van der Waals surface area (Å²) in [5, 5.41) is 0. The predicted molar refractivity (Wildman–Crippen MR) is 64.4 cm³/mol. The Balaban J connectivity index is 1.90. The number of fused-ring (bicyclic) bond motifs is 1.